The van der Waals surface area contributed by atoms with Crippen LogP contribution in [0.2, 0.25) is 0 Å². The normalized spacial score (nSPS) is 16.7. The van der Waals surface area contributed by atoms with E-state index < -0.39 is 48.6 Å². The highest BCUT2D eigenvalue weighted by molar-refractivity contribution is 5.87. The lowest BCUT2D eigenvalue weighted by Crippen LogP contribution is -2.52. The molecule has 2 aliphatic carbocycles. The fraction of sp³-hybridized carbons (Fsp3) is 0.375. The number of alkyl carbamates (subject to hydrolysis) is 1. The van der Waals surface area contributed by atoms with Gasteiger partial charge >= 0.3 is 18.2 Å². The van der Waals surface area contributed by atoms with E-state index in [1.807, 2.05) is 53.8 Å². The van der Waals surface area contributed by atoms with Crippen LogP contribution in [0.5, 0.6) is 0 Å². The van der Waals surface area contributed by atoms with Gasteiger partial charge in [-0.25, -0.2) is 4.79 Å². The summed E-state index contributed by atoms with van der Waals surface area (Å²) < 4.78 is 44.5. The molecule has 7 nitrogen and oxygen atoms in total. The van der Waals surface area contributed by atoms with E-state index in [1.54, 1.807) is 0 Å². The van der Waals surface area contributed by atoms with Crippen LogP contribution in [0.4, 0.5) is 18.0 Å². The van der Waals surface area contributed by atoms with Crippen LogP contribution >= 0.6 is 0 Å². The molecular formula is C24H23F3N2O5. The van der Waals surface area contributed by atoms with Gasteiger partial charge in [-0.2, -0.15) is 13.2 Å². The Kier molecular flexibility index (Phi) is 6.24. The summed E-state index contributed by atoms with van der Waals surface area (Å²) >= 11 is 0. The summed E-state index contributed by atoms with van der Waals surface area (Å²) in [5.41, 5.74) is 2.79. The molecule has 0 saturated heterocycles. The molecule has 0 spiro atoms. The quantitative estimate of drug-likeness (QED) is 0.535. The molecule has 2 aromatic carbocycles. The minimum absolute atomic E-state index is 0.122. The van der Waals surface area contributed by atoms with Gasteiger partial charge in [0.05, 0.1) is 18.4 Å². The fourth-order valence-electron chi connectivity index (χ4n) is 4.36. The lowest BCUT2D eigenvalue weighted by atomic mass is 9.98. The molecule has 3 N–H and O–H groups in total. The summed E-state index contributed by atoms with van der Waals surface area (Å²) in [6, 6.07) is 13.2. The molecule has 1 saturated carbocycles. The third-order valence-corrected chi connectivity index (χ3v) is 6.12. The topological polar surface area (TPSA) is 105 Å². The molecule has 1 unspecified atom stereocenters. The number of carboxylic acids is 1. The first-order chi connectivity index (χ1) is 16.1. The van der Waals surface area contributed by atoms with E-state index >= 15 is 0 Å². The fourth-order valence-corrected chi connectivity index (χ4v) is 4.36. The Bertz CT molecular complexity index is 1070. The van der Waals surface area contributed by atoms with Gasteiger partial charge in [-0.05, 0) is 35.1 Å². The molecule has 34 heavy (non-hydrogen) atoms. The second kappa shape index (κ2) is 9.00. The van der Waals surface area contributed by atoms with Crippen molar-refractivity contribution in [2.75, 3.05) is 6.61 Å². The molecule has 2 aromatic rings. The average Bonchev–Trinajstić information content (AvgIpc) is 3.42. The zero-order valence-electron chi connectivity index (χ0n) is 18.0. The summed E-state index contributed by atoms with van der Waals surface area (Å²) in [4.78, 5) is 35.9. The van der Waals surface area contributed by atoms with Gasteiger partial charge in [-0.3, -0.25) is 9.59 Å². The van der Waals surface area contributed by atoms with Gasteiger partial charge in [0.25, 0.3) is 0 Å². The Morgan fingerprint density at radius 3 is 2.09 bits per heavy atom. The summed E-state index contributed by atoms with van der Waals surface area (Å²) in [5, 5.41) is 13.3. The molecule has 0 radical (unpaired) electrons. The van der Waals surface area contributed by atoms with Gasteiger partial charge in [-0.1, -0.05) is 48.5 Å². The molecule has 0 aromatic heterocycles. The van der Waals surface area contributed by atoms with E-state index in [0.717, 1.165) is 22.3 Å². The third-order valence-electron chi connectivity index (χ3n) is 6.12. The number of hydrogen-bond donors (Lipinski definition) is 3. The van der Waals surface area contributed by atoms with Crippen molar-refractivity contribution in [3.63, 3.8) is 0 Å². The largest absolute Gasteiger partial charge is 0.481 e. The number of halogens is 3. The molecule has 1 atom stereocenters. The third kappa shape index (κ3) is 5.32. The van der Waals surface area contributed by atoms with Crippen molar-refractivity contribution in [2.45, 2.75) is 49.4 Å². The number of carbonyl (C=O) groups excluding carboxylic acids is 2. The molecule has 0 heterocycles. The van der Waals surface area contributed by atoms with E-state index in [-0.39, 0.29) is 12.5 Å². The van der Waals surface area contributed by atoms with E-state index in [1.165, 1.54) is 0 Å². The minimum Gasteiger partial charge on any atom is -0.481 e. The van der Waals surface area contributed by atoms with Crippen molar-refractivity contribution < 1.29 is 37.4 Å². The zero-order chi connectivity index (χ0) is 24.5. The molecule has 10 heteroatoms. The zero-order valence-corrected chi connectivity index (χ0v) is 18.0. The summed E-state index contributed by atoms with van der Waals surface area (Å²) in [5.74, 6) is -2.56. The van der Waals surface area contributed by atoms with Crippen LogP contribution < -0.4 is 10.6 Å². The van der Waals surface area contributed by atoms with Crippen molar-refractivity contribution in [2.24, 2.45) is 0 Å². The molecule has 180 valence electrons. The molecule has 0 aliphatic heterocycles. The van der Waals surface area contributed by atoms with E-state index in [0.29, 0.717) is 12.8 Å². The maximum atomic E-state index is 13.1. The molecule has 1 fully saturated rings. The van der Waals surface area contributed by atoms with E-state index in [4.69, 9.17) is 9.84 Å². The first kappa shape index (κ1) is 23.6. The Balaban J connectivity index is 1.42. The maximum Gasteiger partial charge on any atom is 0.407 e. The second-order valence-electron chi connectivity index (χ2n) is 8.68. The highest BCUT2D eigenvalue weighted by Crippen LogP contribution is 2.44. The standard InChI is InChI=1S/C24H23F3N2O5/c25-24(26,27)11-19(21(32)29-23(9-10-23)12-20(30)31)28-22(33)34-13-18-16-7-3-1-5-14(16)15-6-2-4-8-17(15)18/h1-8,18-19H,9-13H2,(H,28,33)(H,29,32)(H,30,31). The number of alkyl halides is 3. The number of carboxylic acid groups (broad SMARTS) is 1. The number of ether oxygens (including phenoxy) is 1. The Morgan fingerprint density at radius 2 is 1.59 bits per heavy atom. The van der Waals surface area contributed by atoms with Crippen LogP contribution in [0.25, 0.3) is 11.1 Å². The van der Waals surface area contributed by atoms with Crippen molar-refractivity contribution in [1.82, 2.24) is 10.6 Å². The maximum absolute atomic E-state index is 13.1. The van der Waals surface area contributed by atoms with Gasteiger partial charge in [0.2, 0.25) is 5.91 Å². The number of rotatable bonds is 8. The SMILES string of the molecule is O=C(O)CC1(NC(=O)C(CC(F)(F)F)NC(=O)OCC2c3ccccc3-c3ccccc32)CC1. The molecule has 4 rings (SSSR count). The Morgan fingerprint density at radius 1 is 1.03 bits per heavy atom. The molecule has 2 aliphatic rings. The van der Waals surface area contributed by atoms with Crippen LogP contribution in [0.3, 0.4) is 0 Å². The van der Waals surface area contributed by atoms with Gasteiger partial charge in [-0.15, -0.1) is 0 Å². The first-order valence-electron chi connectivity index (χ1n) is 10.8. The van der Waals surface area contributed by atoms with Crippen LogP contribution in [0.15, 0.2) is 48.5 Å². The van der Waals surface area contributed by atoms with Crippen molar-refractivity contribution in [3.05, 3.63) is 59.7 Å². The van der Waals surface area contributed by atoms with E-state index in [9.17, 15) is 27.6 Å². The number of nitrogens with one attached hydrogen (secondary N) is 2. The smallest absolute Gasteiger partial charge is 0.407 e. The number of aliphatic carboxylic acids is 1. The van der Waals surface area contributed by atoms with Gasteiger partial charge in [0.1, 0.15) is 12.6 Å². The number of carbonyl (C=O) groups is 3. The van der Waals surface area contributed by atoms with E-state index in [2.05, 4.69) is 5.32 Å². The highest BCUT2D eigenvalue weighted by Gasteiger charge is 2.48. The van der Waals surface area contributed by atoms with Gasteiger partial charge < -0.3 is 20.5 Å². The minimum atomic E-state index is -4.73. The highest BCUT2D eigenvalue weighted by atomic mass is 19.4. The predicted molar refractivity (Wildman–Crippen MR) is 115 cm³/mol. The van der Waals surface area contributed by atoms with Crippen LogP contribution in [-0.2, 0) is 14.3 Å². The van der Waals surface area contributed by atoms with Crippen LogP contribution in [0.1, 0.15) is 42.7 Å². The van der Waals surface area contributed by atoms with Crippen LogP contribution in [-0.4, -0.2) is 47.4 Å². The van der Waals surface area contributed by atoms with Crippen LogP contribution in [0, 0.1) is 0 Å². The number of fused-ring (bicyclic) bond motifs is 3. The number of amides is 2. The average molecular weight is 476 g/mol. The lowest BCUT2D eigenvalue weighted by Gasteiger charge is -2.23. The summed E-state index contributed by atoms with van der Waals surface area (Å²) in [7, 11) is 0. The molecule has 2 amide bonds. The lowest BCUT2D eigenvalue weighted by molar-refractivity contribution is -0.150. The predicted octanol–water partition coefficient (Wildman–Crippen LogP) is 3.97. The summed E-state index contributed by atoms with van der Waals surface area (Å²) in [6.07, 6.45) is -7.21. The van der Waals surface area contributed by atoms with Gasteiger partial charge in [0.15, 0.2) is 0 Å². The Labute approximate surface area is 193 Å². The first-order valence-corrected chi connectivity index (χ1v) is 10.8. The number of hydrogen-bond acceptors (Lipinski definition) is 4. The molecular weight excluding hydrogens is 453 g/mol. The monoisotopic (exact) mass is 476 g/mol. The van der Waals surface area contributed by atoms with Gasteiger partial charge in [0, 0.05) is 5.92 Å². The van der Waals surface area contributed by atoms with Crippen molar-refractivity contribution in [3.8, 4) is 11.1 Å². The number of benzene rings is 2. The summed E-state index contributed by atoms with van der Waals surface area (Å²) in [6.45, 7) is -0.122. The van der Waals surface area contributed by atoms with Crippen molar-refractivity contribution >= 4 is 18.0 Å². The van der Waals surface area contributed by atoms with Crippen molar-refractivity contribution in [1.29, 1.82) is 0 Å². The second-order valence-corrected chi connectivity index (χ2v) is 8.68. The molecule has 0 bridgehead atoms. The Hall–Kier alpha value is -3.56.